The number of Topliss-reactive ketones (excluding diaryl/α,β-unsaturated/α-hetero) is 1. The van der Waals surface area contributed by atoms with Crippen LogP contribution in [0.4, 0.5) is 0 Å². The minimum atomic E-state index is -3.77. The summed E-state index contributed by atoms with van der Waals surface area (Å²) in [4.78, 5) is 22.1. The van der Waals surface area contributed by atoms with Gasteiger partial charge in [-0.3, -0.25) is 9.59 Å². The fourth-order valence-electron chi connectivity index (χ4n) is 2.08. The van der Waals surface area contributed by atoms with E-state index in [1.54, 1.807) is 6.07 Å². The molecule has 6 nitrogen and oxygen atoms in total. The van der Waals surface area contributed by atoms with Crippen LogP contribution in [0.3, 0.4) is 0 Å². The molecule has 21 heavy (non-hydrogen) atoms. The zero-order valence-corrected chi connectivity index (χ0v) is 12.5. The Labute approximate surface area is 123 Å². The van der Waals surface area contributed by atoms with E-state index in [4.69, 9.17) is 5.11 Å². The summed E-state index contributed by atoms with van der Waals surface area (Å²) in [7, 11) is -3.77. The second-order valence-electron chi connectivity index (χ2n) is 5.07. The topological polar surface area (TPSA) is 91.8 Å². The van der Waals surface area contributed by atoms with Crippen molar-refractivity contribution in [1.82, 2.24) is 4.31 Å². The lowest BCUT2D eigenvalue weighted by molar-refractivity contribution is -0.137. The summed E-state index contributed by atoms with van der Waals surface area (Å²) in [5.74, 6) is -1.25. The first-order valence-electron chi connectivity index (χ1n) is 6.67. The largest absolute Gasteiger partial charge is 0.481 e. The van der Waals surface area contributed by atoms with Gasteiger partial charge < -0.3 is 5.11 Å². The zero-order valence-electron chi connectivity index (χ0n) is 11.7. The standard InChI is InChI=1S/C14H17NO5S/c1-10(16)11-3-2-4-13(9-11)21(19,20)15(12-5-6-12)8-7-14(17)18/h2-4,9,12H,5-8H2,1H3,(H,17,18). The Balaban J connectivity index is 2.31. The second-order valence-corrected chi connectivity index (χ2v) is 6.97. The van der Waals surface area contributed by atoms with Gasteiger partial charge in [0, 0.05) is 18.2 Å². The molecule has 0 saturated heterocycles. The highest BCUT2D eigenvalue weighted by Gasteiger charge is 2.38. The number of ketones is 1. The van der Waals surface area contributed by atoms with Crippen LogP contribution in [0, 0.1) is 0 Å². The van der Waals surface area contributed by atoms with Crippen LogP contribution in [0.25, 0.3) is 0 Å². The number of aliphatic carboxylic acids is 1. The van der Waals surface area contributed by atoms with E-state index >= 15 is 0 Å². The maximum Gasteiger partial charge on any atom is 0.304 e. The molecule has 1 aliphatic rings. The molecule has 0 aromatic heterocycles. The lowest BCUT2D eigenvalue weighted by atomic mass is 10.2. The molecule has 0 unspecified atom stereocenters. The van der Waals surface area contributed by atoms with E-state index < -0.39 is 16.0 Å². The second kappa shape index (κ2) is 5.95. The van der Waals surface area contributed by atoms with E-state index in [0.29, 0.717) is 5.56 Å². The number of hydrogen-bond donors (Lipinski definition) is 1. The number of nitrogens with zero attached hydrogens (tertiary/aromatic N) is 1. The molecular weight excluding hydrogens is 294 g/mol. The average molecular weight is 311 g/mol. The van der Waals surface area contributed by atoms with E-state index in [0.717, 1.165) is 12.8 Å². The van der Waals surface area contributed by atoms with Gasteiger partial charge in [-0.15, -0.1) is 0 Å². The van der Waals surface area contributed by atoms with Crippen molar-refractivity contribution in [3.05, 3.63) is 29.8 Å². The third-order valence-electron chi connectivity index (χ3n) is 3.35. The van der Waals surface area contributed by atoms with Gasteiger partial charge >= 0.3 is 5.97 Å². The van der Waals surface area contributed by atoms with Crippen molar-refractivity contribution in [3.63, 3.8) is 0 Å². The van der Waals surface area contributed by atoms with Gasteiger partial charge in [0.2, 0.25) is 10.0 Å². The molecule has 0 bridgehead atoms. The highest BCUT2D eigenvalue weighted by Crippen LogP contribution is 2.32. The maximum absolute atomic E-state index is 12.6. The predicted octanol–water partition coefficient (Wildman–Crippen LogP) is 1.52. The molecule has 1 aromatic carbocycles. The average Bonchev–Trinajstić information content (AvgIpc) is 3.23. The fraction of sp³-hybridized carbons (Fsp3) is 0.429. The van der Waals surface area contributed by atoms with Crippen LogP contribution in [0.15, 0.2) is 29.2 Å². The summed E-state index contributed by atoms with van der Waals surface area (Å²) in [6, 6.07) is 5.72. The molecule has 114 valence electrons. The molecular formula is C14H17NO5S. The Morgan fingerprint density at radius 2 is 2.00 bits per heavy atom. The van der Waals surface area contributed by atoms with Crippen molar-refractivity contribution in [2.24, 2.45) is 0 Å². The number of hydrogen-bond acceptors (Lipinski definition) is 4. The van der Waals surface area contributed by atoms with Crippen LogP contribution in [-0.2, 0) is 14.8 Å². The number of carbonyl (C=O) groups is 2. The first-order chi connectivity index (χ1) is 9.82. The van der Waals surface area contributed by atoms with Crippen molar-refractivity contribution in [1.29, 1.82) is 0 Å². The van der Waals surface area contributed by atoms with Crippen molar-refractivity contribution in [2.75, 3.05) is 6.54 Å². The maximum atomic E-state index is 12.6. The molecule has 7 heteroatoms. The number of rotatable bonds is 7. The van der Waals surface area contributed by atoms with Gasteiger partial charge in [-0.25, -0.2) is 8.42 Å². The first kappa shape index (κ1) is 15.7. The summed E-state index contributed by atoms with van der Waals surface area (Å²) in [6.07, 6.45) is 1.25. The van der Waals surface area contributed by atoms with Crippen molar-refractivity contribution < 1.29 is 23.1 Å². The lowest BCUT2D eigenvalue weighted by Gasteiger charge is -2.21. The minimum Gasteiger partial charge on any atom is -0.481 e. The van der Waals surface area contributed by atoms with Gasteiger partial charge in [0.1, 0.15) is 0 Å². The Bertz CT molecular complexity index is 664. The van der Waals surface area contributed by atoms with E-state index in [1.807, 2.05) is 0 Å². The van der Waals surface area contributed by atoms with Gasteiger partial charge in [0.05, 0.1) is 11.3 Å². The third kappa shape index (κ3) is 3.68. The molecule has 0 spiro atoms. The van der Waals surface area contributed by atoms with Gasteiger partial charge in [-0.05, 0) is 31.9 Å². The number of carbonyl (C=O) groups excluding carboxylic acids is 1. The molecule has 2 rings (SSSR count). The van der Waals surface area contributed by atoms with Gasteiger partial charge in [0.15, 0.2) is 5.78 Å². The molecule has 1 fully saturated rings. The van der Waals surface area contributed by atoms with Gasteiger partial charge in [-0.1, -0.05) is 12.1 Å². The monoisotopic (exact) mass is 311 g/mol. The molecule has 0 atom stereocenters. The Morgan fingerprint density at radius 1 is 1.33 bits per heavy atom. The van der Waals surface area contributed by atoms with E-state index in [2.05, 4.69) is 0 Å². The molecule has 1 aromatic rings. The van der Waals surface area contributed by atoms with Crippen LogP contribution >= 0.6 is 0 Å². The quantitative estimate of drug-likeness (QED) is 0.771. The highest BCUT2D eigenvalue weighted by atomic mass is 32.2. The van der Waals surface area contributed by atoms with E-state index in [1.165, 1.54) is 29.4 Å². The summed E-state index contributed by atoms with van der Waals surface area (Å²) >= 11 is 0. The molecule has 0 aliphatic heterocycles. The minimum absolute atomic E-state index is 0.0347. The number of sulfonamides is 1. The molecule has 0 amide bonds. The van der Waals surface area contributed by atoms with Crippen LogP contribution < -0.4 is 0 Å². The first-order valence-corrected chi connectivity index (χ1v) is 8.11. The van der Waals surface area contributed by atoms with Crippen LogP contribution in [-0.4, -0.2) is 42.2 Å². The predicted molar refractivity (Wildman–Crippen MR) is 75.6 cm³/mol. The van der Waals surface area contributed by atoms with Gasteiger partial charge in [0.25, 0.3) is 0 Å². The Morgan fingerprint density at radius 3 is 2.52 bits per heavy atom. The summed E-state index contributed by atoms with van der Waals surface area (Å²) < 4.78 is 26.5. The van der Waals surface area contributed by atoms with Crippen molar-refractivity contribution >= 4 is 21.8 Å². The highest BCUT2D eigenvalue weighted by molar-refractivity contribution is 7.89. The van der Waals surface area contributed by atoms with Gasteiger partial charge in [-0.2, -0.15) is 4.31 Å². The number of benzene rings is 1. The molecule has 1 aliphatic carbocycles. The summed E-state index contributed by atoms with van der Waals surface area (Å²) in [6.45, 7) is 1.32. The fourth-order valence-corrected chi connectivity index (χ4v) is 3.81. The smallest absolute Gasteiger partial charge is 0.304 e. The van der Waals surface area contributed by atoms with Crippen molar-refractivity contribution in [3.8, 4) is 0 Å². The third-order valence-corrected chi connectivity index (χ3v) is 5.30. The molecule has 1 N–H and O–H groups in total. The summed E-state index contributed by atoms with van der Waals surface area (Å²) in [5, 5.41) is 8.75. The van der Waals surface area contributed by atoms with E-state index in [-0.39, 0.29) is 29.7 Å². The SMILES string of the molecule is CC(=O)c1cccc(S(=O)(=O)N(CCC(=O)O)C2CC2)c1. The normalized spacial score (nSPS) is 15.1. The van der Waals surface area contributed by atoms with Crippen LogP contribution in [0.1, 0.15) is 36.5 Å². The zero-order chi connectivity index (χ0) is 15.6. The van der Waals surface area contributed by atoms with Crippen molar-refractivity contribution in [2.45, 2.75) is 37.1 Å². The number of carboxylic acids is 1. The Hall–Kier alpha value is -1.73. The number of carboxylic acid groups (broad SMARTS) is 1. The van der Waals surface area contributed by atoms with Crippen LogP contribution in [0.2, 0.25) is 0 Å². The lowest BCUT2D eigenvalue weighted by Crippen LogP contribution is -2.35. The molecule has 0 heterocycles. The van der Waals surface area contributed by atoms with E-state index in [9.17, 15) is 18.0 Å². The summed E-state index contributed by atoms with van der Waals surface area (Å²) in [5.41, 5.74) is 0.324. The Kier molecular flexibility index (Phi) is 4.43. The molecule has 0 radical (unpaired) electrons. The van der Waals surface area contributed by atoms with Crippen LogP contribution in [0.5, 0.6) is 0 Å². The molecule has 1 saturated carbocycles.